The zero-order valence-electron chi connectivity index (χ0n) is 17.7. The third kappa shape index (κ3) is 5.31. The summed E-state index contributed by atoms with van der Waals surface area (Å²) in [6.07, 6.45) is 0. The molecule has 8 heteroatoms. The molecule has 1 saturated heterocycles. The first-order chi connectivity index (χ1) is 15.0. The van der Waals surface area contributed by atoms with Crippen molar-refractivity contribution in [1.82, 2.24) is 20.0 Å². The summed E-state index contributed by atoms with van der Waals surface area (Å²) in [4.78, 5) is 16.8. The highest BCUT2D eigenvalue weighted by molar-refractivity contribution is 6.33. The highest BCUT2D eigenvalue weighted by Crippen LogP contribution is 2.25. The molecule has 162 valence electrons. The molecular formula is C23H26ClN5O2. The largest absolute Gasteiger partial charge is 0.419 e. The molecule has 1 amide bonds. The Balaban J connectivity index is 1.29. The van der Waals surface area contributed by atoms with Crippen molar-refractivity contribution in [3.63, 3.8) is 0 Å². The van der Waals surface area contributed by atoms with Crippen LogP contribution in [0, 0.1) is 6.92 Å². The summed E-state index contributed by atoms with van der Waals surface area (Å²) >= 11 is 6.12. The van der Waals surface area contributed by atoms with Crippen molar-refractivity contribution in [2.45, 2.75) is 19.9 Å². The minimum atomic E-state index is -0.0609. The van der Waals surface area contributed by atoms with Crippen molar-refractivity contribution in [2.24, 2.45) is 0 Å². The average molecular weight is 440 g/mol. The van der Waals surface area contributed by atoms with Crippen LogP contribution in [-0.2, 0) is 4.79 Å². The number of para-hydroxylation sites is 1. The molecule has 2 heterocycles. The number of aromatic nitrogens is 2. The van der Waals surface area contributed by atoms with E-state index in [1.54, 1.807) is 12.1 Å². The van der Waals surface area contributed by atoms with Crippen LogP contribution >= 0.6 is 11.6 Å². The number of rotatable bonds is 6. The monoisotopic (exact) mass is 439 g/mol. The Labute approximate surface area is 187 Å². The summed E-state index contributed by atoms with van der Waals surface area (Å²) in [6, 6.07) is 15.3. The summed E-state index contributed by atoms with van der Waals surface area (Å²) in [6.45, 7) is 7.69. The number of halogens is 1. The maximum absolute atomic E-state index is 12.4. The summed E-state index contributed by atoms with van der Waals surface area (Å²) in [5, 5.41) is 11.9. The molecule has 0 bridgehead atoms. The van der Waals surface area contributed by atoms with Gasteiger partial charge in [-0.2, -0.15) is 0 Å². The van der Waals surface area contributed by atoms with Crippen LogP contribution in [0.2, 0.25) is 5.02 Å². The number of hydrogen-bond donors (Lipinski definition) is 1. The fraction of sp³-hybridized carbons (Fsp3) is 0.348. The predicted molar refractivity (Wildman–Crippen MR) is 121 cm³/mol. The number of amides is 1. The van der Waals surface area contributed by atoms with Gasteiger partial charge in [0.1, 0.15) is 0 Å². The first-order valence-corrected chi connectivity index (χ1v) is 10.8. The zero-order valence-corrected chi connectivity index (χ0v) is 18.5. The molecule has 1 aliphatic heterocycles. The first kappa shape index (κ1) is 21.5. The molecule has 3 aromatic rings. The predicted octanol–water partition coefficient (Wildman–Crippen LogP) is 4.02. The van der Waals surface area contributed by atoms with E-state index < -0.39 is 0 Å². The fourth-order valence-corrected chi connectivity index (χ4v) is 3.82. The number of nitrogens with one attached hydrogen (secondary N) is 1. The standard InChI is InChI=1S/C23H26ClN5O2/c1-16-7-9-18(10-8-16)23-27-26-22(31-23)17(2)29-13-11-28(12-14-29)15-21(30)25-20-6-4-3-5-19(20)24/h3-10,17H,11-15H2,1-2H3,(H,25,30)/t17-/m1/s1. The maximum atomic E-state index is 12.4. The lowest BCUT2D eigenvalue weighted by Gasteiger charge is -2.36. The van der Waals surface area contributed by atoms with Crippen LogP contribution in [0.4, 0.5) is 5.69 Å². The van der Waals surface area contributed by atoms with Gasteiger partial charge < -0.3 is 9.73 Å². The smallest absolute Gasteiger partial charge is 0.247 e. The summed E-state index contributed by atoms with van der Waals surface area (Å²) in [5.41, 5.74) is 2.75. The van der Waals surface area contributed by atoms with Crippen LogP contribution in [0.15, 0.2) is 52.9 Å². The van der Waals surface area contributed by atoms with E-state index in [4.69, 9.17) is 16.0 Å². The van der Waals surface area contributed by atoms with Gasteiger partial charge in [-0.25, -0.2) is 0 Å². The van der Waals surface area contributed by atoms with E-state index in [1.165, 1.54) is 5.56 Å². The Morgan fingerprint density at radius 3 is 2.52 bits per heavy atom. The normalized spacial score (nSPS) is 16.2. The first-order valence-electron chi connectivity index (χ1n) is 10.4. The number of aryl methyl sites for hydroxylation is 1. The molecule has 1 aliphatic rings. The topological polar surface area (TPSA) is 74.5 Å². The van der Waals surface area contributed by atoms with Crippen molar-refractivity contribution in [3.05, 3.63) is 65.0 Å². The van der Waals surface area contributed by atoms with Crippen molar-refractivity contribution in [3.8, 4) is 11.5 Å². The van der Waals surface area contributed by atoms with Crippen molar-refractivity contribution >= 4 is 23.2 Å². The summed E-state index contributed by atoms with van der Waals surface area (Å²) in [5.74, 6) is 1.09. The zero-order chi connectivity index (χ0) is 21.8. The molecule has 2 aromatic carbocycles. The number of anilines is 1. The summed E-state index contributed by atoms with van der Waals surface area (Å²) in [7, 11) is 0. The van der Waals surface area contributed by atoms with Crippen molar-refractivity contribution in [2.75, 3.05) is 38.0 Å². The lowest BCUT2D eigenvalue weighted by Crippen LogP contribution is -2.49. The second kappa shape index (κ2) is 9.60. The molecule has 0 aliphatic carbocycles. The van der Waals surface area contributed by atoms with Gasteiger partial charge in [0.25, 0.3) is 0 Å². The molecule has 0 spiro atoms. The minimum absolute atomic E-state index is 0.0193. The molecule has 7 nitrogen and oxygen atoms in total. The highest BCUT2D eigenvalue weighted by atomic mass is 35.5. The van der Waals surface area contributed by atoms with E-state index in [-0.39, 0.29) is 11.9 Å². The number of piperazine rings is 1. The molecule has 1 aromatic heterocycles. The molecule has 1 atom stereocenters. The second-order valence-electron chi connectivity index (χ2n) is 7.83. The van der Waals surface area contributed by atoms with Gasteiger partial charge in [0, 0.05) is 31.7 Å². The van der Waals surface area contributed by atoms with Crippen LogP contribution in [0.3, 0.4) is 0 Å². The number of carbonyl (C=O) groups excluding carboxylic acids is 1. The molecular weight excluding hydrogens is 414 g/mol. The minimum Gasteiger partial charge on any atom is -0.419 e. The molecule has 0 unspecified atom stereocenters. The van der Waals surface area contributed by atoms with Crippen molar-refractivity contribution in [1.29, 1.82) is 0 Å². The van der Waals surface area contributed by atoms with Crippen LogP contribution in [0.25, 0.3) is 11.5 Å². The van der Waals surface area contributed by atoms with E-state index in [1.807, 2.05) is 43.3 Å². The number of carbonyl (C=O) groups is 1. The molecule has 1 N–H and O–H groups in total. The average Bonchev–Trinajstić information content (AvgIpc) is 3.26. The third-order valence-corrected chi connectivity index (χ3v) is 5.90. The van der Waals surface area contributed by atoms with E-state index >= 15 is 0 Å². The van der Waals surface area contributed by atoms with Crippen LogP contribution in [0.1, 0.15) is 24.4 Å². The van der Waals surface area contributed by atoms with Crippen LogP contribution in [0.5, 0.6) is 0 Å². The number of nitrogens with zero attached hydrogens (tertiary/aromatic N) is 4. The fourth-order valence-electron chi connectivity index (χ4n) is 3.64. The van der Waals surface area contributed by atoms with Gasteiger partial charge in [-0.3, -0.25) is 14.6 Å². The van der Waals surface area contributed by atoms with Crippen LogP contribution in [-0.4, -0.2) is 58.6 Å². The molecule has 1 fully saturated rings. The Kier molecular flexibility index (Phi) is 6.65. The quantitative estimate of drug-likeness (QED) is 0.625. The Hall–Kier alpha value is -2.74. The van der Waals surface area contributed by atoms with Gasteiger partial charge in [-0.15, -0.1) is 10.2 Å². The highest BCUT2D eigenvalue weighted by Gasteiger charge is 2.26. The number of benzene rings is 2. The van der Waals surface area contributed by atoms with E-state index in [0.29, 0.717) is 29.0 Å². The molecule has 4 rings (SSSR count). The lowest BCUT2D eigenvalue weighted by molar-refractivity contribution is -0.117. The van der Waals surface area contributed by atoms with Gasteiger partial charge in [0.15, 0.2) is 0 Å². The second-order valence-corrected chi connectivity index (χ2v) is 8.23. The Morgan fingerprint density at radius 2 is 1.81 bits per heavy atom. The third-order valence-electron chi connectivity index (χ3n) is 5.57. The SMILES string of the molecule is Cc1ccc(-c2nnc([C@@H](C)N3CCN(CC(=O)Nc4ccccc4Cl)CC3)o2)cc1. The van der Waals surface area contributed by atoms with E-state index in [9.17, 15) is 4.79 Å². The Bertz CT molecular complexity index is 1030. The van der Waals surface area contributed by atoms with Gasteiger partial charge >= 0.3 is 0 Å². The van der Waals surface area contributed by atoms with E-state index in [2.05, 4.69) is 32.2 Å². The van der Waals surface area contributed by atoms with Gasteiger partial charge in [0.05, 0.1) is 23.3 Å². The van der Waals surface area contributed by atoms with Gasteiger partial charge in [0.2, 0.25) is 17.7 Å². The van der Waals surface area contributed by atoms with Crippen molar-refractivity contribution < 1.29 is 9.21 Å². The van der Waals surface area contributed by atoms with Crippen LogP contribution < -0.4 is 5.32 Å². The Morgan fingerprint density at radius 1 is 1.10 bits per heavy atom. The van der Waals surface area contributed by atoms with E-state index in [0.717, 1.165) is 31.7 Å². The molecule has 31 heavy (non-hydrogen) atoms. The molecule has 0 radical (unpaired) electrons. The maximum Gasteiger partial charge on any atom is 0.247 e. The van der Waals surface area contributed by atoms with Gasteiger partial charge in [-0.05, 0) is 38.1 Å². The molecule has 0 saturated carbocycles. The summed E-state index contributed by atoms with van der Waals surface area (Å²) < 4.78 is 5.94. The lowest BCUT2D eigenvalue weighted by atomic mass is 10.1. The number of hydrogen-bond acceptors (Lipinski definition) is 6. The van der Waals surface area contributed by atoms with Gasteiger partial charge in [-0.1, -0.05) is 41.4 Å².